The number of carbonyl (C=O) groups excluding carboxylic acids is 1. The van der Waals surface area contributed by atoms with Gasteiger partial charge in [-0.2, -0.15) is 0 Å². The zero-order chi connectivity index (χ0) is 20.5. The van der Waals surface area contributed by atoms with E-state index < -0.39 is 11.8 Å². The van der Waals surface area contributed by atoms with E-state index in [4.69, 9.17) is 25.8 Å². The molecule has 0 aliphatic carbocycles. The molecule has 0 bridgehead atoms. The number of aromatic amines is 1. The number of H-pyrrole nitrogens is 1. The third-order valence-electron chi connectivity index (χ3n) is 4.84. The number of ether oxygens (including phenoxy) is 3. The lowest BCUT2D eigenvalue weighted by atomic mass is 10.1. The third kappa shape index (κ3) is 3.65. The number of nitrogens with zero attached hydrogens (tertiary/aromatic N) is 2. The number of rotatable bonds is 5. The first-order chi connectivity index (χ1) is 14.0. The highest BCUT2D eigenvalue weighted by molar-refractivity contribution is 6.32. The van der Waals surface area contributed by atoms with Crippen molar-refractivity contribution in [1.29, 1.82) is 0 Å². The van der Waals surface area contributed by atoms with Crippen LogP contribution in [0.2, 0.25) is 5.02 Å². The number of hydrogen-bond donors (Lipinski definition) is 1. The summed E-state index contributed by atoms with van der Waals surface area (Å²) >= 11 is 5.97. The highest BCUT2D eigenvalue weighted by Gasteiger charge is 2.24. The topological polar surface area (TPSA) is 86.3 Å². The van der Waals surface area contributed by atoms with Crippen LogP contribution in [0.1, 0.15) is 28.9 Å². The van der Waals surface area contributed by atoms with Crippen LogP contribution in [0.4, 0.5) is 4.39 Å². The summed E-state index contributed by atoms with van der Waals surface area (Å²) in [7, 11) is 1.32. The van der Waals surface area contributed by atoms with Gasteiger partial charge in [0, 0.05) is 12.8 Å². The van der Waals surface area contributed by atoms with Gasteiger partial charge in [-0.25, -0.2) is 19.2 Å². The molecule has 4 rings (SSSR count). The monoisotopic (exact) mass is 419 g/mol. The lowest BCUT2D eigenvalue weighted by Crippen LogP contribution is -2.19. The second-order valence-corrected chi connectivity index (χ2v) is 7.17. The number of methoxy groups -OCH3 is 1. The fourth-order valence-corrected chi connectivity index (χ4v) is 3.58. The Morgan fingerprint density at radius 3 is 2.97 bits per heavy atom. The normalized spacial score (nSPS) is 16.3. The number of fused-ring (bicyclic) bond motifs is 1. The first-order valence-corrected chi connectivity index (χ1v) is 9.54. The van der Waals surface area contributed by atoms with E-state index in [0.29, 0.717) is 17.6 Å². The minimum Gasteiger partial charge on any atom is -0.492 e. The van der Waals surface area contributed by atoms with E-state index >= 15 is 0 Å². The molecular formula is C20H19ClFN3O4. The van der Waals surface area contributed by atoms with E-state index in [2.05, 4.69) is 15.0 Å². The van der Waals surface area contributed by atoms with E-state index in [0.717, 1.165) is 18.4 Å². The summed E-state index contributed by atoms with van der Waals surface area (Å²) in [4.78, 5) is 24.5. The average Bonchev–Trinajstić information content (AvgIpc) is 3.36. The molecule has 1 saturated heterocycles. The third-order valence-corrected chi connectivity index (χ3v) is 5.14. The fourth-order valence-electron chi connectivity index (χ4n) is 3.36. The Balaban J connectivity index is 1.76. The van der Waals surface area contributed by atoms with Gasteiger partial charge in [0.1, 0.15) is 12.3 Å². The van der Waals surface area contributed by atoms with Gasteiger partial charge in [-0.15, -0.1) is 0 Å². The van der Waals surface area contributed by atoms with E-state index in [1.165, 1.54) is 19.2 Å². The number of aryl methyl sites for hydroxylation is 1. The Kier molecular flexibility index (Phi) is 5.38. The molecule has 1 N–H and O–H groups in total. The second kappa shape index (κ2) is 7.96. The summed E-state index contributed by atoms with van der Waals surface area (Å²) in [6.45, 7) is 2.63. The van der Waals surface area contributed by atoms with Crippen molar-refractivity contribution in [1.82, 2.24) is 15.0 Å². The second-order valence-electron chi connectivity index (χ2n) is 6.77. The van der Waals surface area contributed by atoms with Crippen LogP contribution in [0.5, 0.6) is 5.75 Å². The van der Waals surface area contributed by atoms with Crippen molar-refractivity contribution in [3.8, 4) is 17.1 Å². The number of benzene rings is 1. The van der Waals surface area contributed by atoms with Crippen molar-refractivity contribution in [2.45, 2.75) is 25.9 Å². The molecule has 1 aromatic carbocycles. The molecular weight excluding hydrogens is 401 g/mol. The van der Waals surface area contributed by atoms with Crippen molar-refractivity contribution in [2.24, 2.45) is 0 Å². The summed E-state index contributed by atoms with van der Waals surface area (Å²) in [6.07, 6.45) is 3.38. The van der Waals surface area contributed by atoms with E-state index in [-0.39, 0.29) is 40.6 Å². The van der Waals surface area contributed by atoms with Gasteiger partial charge in [0.2, 0.25) is 0 Å². The minimum atomic E-state index is -0.707. The van der Waals surface area contributed by atoms with Gasteiger partial charge in [0.05, 0.1) is 29.2 Å². The Bertz CT molecular complexity index is 1080. The number of halogens is 2. The van der Waals surface area contributed by atoms with E-state index in [1.807, 2.05) is 6.92 Å². The highest BCUT2D eigenvalue weighted by Crippen LogP contribution is 2.34. The van der Waals surface area contributed by atoms with Gasteiger partial charge in [0.15, 0.2) is 23.1 Å². The predicted molar refractivity (Wildman–Crippen MR) is 105 cm³/mol. The molecule has 7 nitrogen and oxygen atoms in total. The number of esters is 1. The number of aromatic nitrogens is 3. The van der Waals surface area contributed by atoms with Crippen LogP contribution in [0.3, 0.4) is 0 Å². The van der Waals surface area contributed by atoms with Gasteiger partial charge in [-0.3, -0.25) is 0 Å². The lowest BCUT2D eigenvalue weighted by Gasteiger charge is -2.12. The van der Waals surface area contributed by atoms with Crippen LogP contribution in [-0.4, -0.2) is 47.3 Å². The molecule has 1 atom stereocenters. The van der Waals surface area contributed by atoms with Gasteiger partial charge in [-0.05, 0) is 37.5 Å². The fraction of sp³-hybridized carbons (Fsp3) is 0.350. The quantitative estimate of drug-likeness (QED) is 0.627. The maximum absolute atomic E-state index is 14.9. The molecule has 152 valence electrons. The molecule has 1 unspecified atom stereocenters. The Morgan fingerprint density at radius 2 is 2.24 bits per heavy atom. The van der Waals surface area contributed by atoms with Crippen molar-refractivity contribution in [2.75, 3.05) is 20.3 Å². The summed E-state index contributed by atoms with van der Waals surface area (Å²) in [5.74, 6) is -1.41. The van der Waals surface area contributed by atoms with Crippen LogP contribution < -0.4 is 4.74 Å². The van der Waals surface area contributed by atoms with E-state index in [1.54, 1.807) is 6.20 Å². The first kappa shape index (κ1) is 19.6. The maximum Gasteiger partial charge on any atom is 0.357 e. The standard InChI is InChI=1S/C20H19ClFN3O4/c1-10-8-23-19-14(10)16(20(26)29-9-11-4-3-7-28-11)24-18(25-19)12-5-6-13(21)17(27-2)15(12)22/h5-6,8,11H,3-4,7,9H2,1-2H3,(H,23,24,25). The molecule has 0 saturated carbocycles. The lowest BCUT2D eigenvalue weighted by molar-refractivity contribution is 0.0158. The van der Waals surface area contributed by atoms with Gasteiger partial charge < -0.3 is 19.2 Å². The van der Waals surface area contributed by atoms with Crippen LogP contribution in [0, 0.1) is 12.7 Å². The summed E-state index contributed by atoms with van der Waals surface area (Å²) in [5.41, 5.74) is 1.32. The number of nitrogens with one attached hydrogen (secondary N) is 1. The molecule has 9 heteroatoms. The molecule has 1 aliphatic rings. The van der Waals surface area contributed by atoms with Crippen LogP contribution in [0.15, 0.2) is 18.3 Å². The minimum absolute atomic E-state index is 0.0240. The van der Waals surface area contributed by atoms with Crippen LogP contribution in [-0.2, 0) is 9.47 Å². The summed E-state index contributed by atoms with van der Waals surface area (Å²) in [5, 5.41) is 0.661. The number of hydrogen-bond acceptors (Lipinski definition) is 6. The molecule has 1 fully saturated rings. The van der Waals surface area contributed by atoms with E-state index in [9.17, 15) is 9.18 Å². The summed E-state index contributed by atoms with van der Waals surface area (Å²) in [6, 6.07) is 2.93. The van der Waals surface area contributed by atoms with Crippen LogP contribution >= 0.6 is 11.6 Å². The van der Waals surface area contributed by atoms with Crippen molar-refractivity contribution >= 4 is 28.6 Å². The zero-order valence-electron chi connectivity index (χ0n) is 15.9. The Labute approximate surface area is 171 Å². The van der Waals surface area contributed by atoms with Crippen molar-refractivity contribution in [3.05, 3.63) is 40.4 Å². The number of carbonyl (C=O) groups is 1. The average molecular weight is 420 g/mol. The molecule has 3 aromatic rings. The van der Waals surface area contributed by atoms with Gasteiger partial charge >= 0.3 is 5.97 Å². The zero-order valence-corrected chi connectivity index (χ0v) is 16.7. The SMILES string of the molecule is COc1c(Cl)ccc(-c2nc(C(=O)OCC3CCCO3)c3c(C)c[nH]c3n2)c1F. The molecule has 0 radical (unpaired) electrons. The predicted octanol–water partition coefficient (Wildman–Crippen LogP) is 4.07. The molecule has 0 amide bonds. The molecule has 2 aromatic heterocycles. The smallest absolute Gasteiger partial charge is 0.357 e. The first-order valence-electron chi connectivity index (χ1n) is 9.16. The van der Waals surface area contributed by atoms with Gasteiger partial charge in [-0.1, -0.05) is 11.6 Å². The van der Waals surface area contributed by atoms with Gasteiger partial charge in [0.25, 0.3) is 0 Å². The Hall–Kier alpha value is -2.71. The molecule has 1 aliphatic heterocycles. The largest absolute Gasteiger partial charge is 0.492 e. The molecule has 3 heterocycles. The van der Waals surface area contributed by atoms with Crippen molar-refractivity contribution < 1.29 is 23.4 Å². The molecule has 0 spiro atoms. The highest BCUT2D eigenvalue weighted by atomic mass is 35.5. The Morgan fingerprint density at radius 1 is 1.41 bits per heavy atom. The van der Waals surface area contributed by atoms with Crippen molar-refractivity contribution in [3.63, 3.8) is 0 Å². The van der Waals surface area contributed by atoms with Crippen LogP contribution in [0.25, 0.3) is 22.4 Å². The maximum atomic E-state index is 14.9. The molecule has 29 heavy (non-hydrogen) atoms. The summed E-state index contributed by atoms with van der Waals surface area (Å²) < 4.78 is 30.8.